The average molecular weight is 168 g/mol. The molecule has 0 spiro atoms. The molecule has 1 rings (SSSR count). The van der Waals surface area contributed by atoms with E-state index in [-0.39, 0.29) is 22.7 Å². The molecule has 0 aliphatic heterocycles. The predicted molar refractivity (Wildman–Crippen MR) is 41.5 cm³/mol. The number of carbonyl (C=O) groups excluding carboxylic acids is 1. The maximum absolute atomic E-state index is 11.0. The van der Waals surface area contributed by atoms with Gasteiger partial charge in [0.15, 0.2) is 5.78 Å². The van der Waals surface area contributed by atoms with Gasteiger partial charge < -0.3 is 9.15 Å². The first kappa shape index (κ1) is 8.52. The van der Waals surface area contributed by atoms with Crippen LogP contribution in [-0.2, 0) is 0 Å². The number of Topliss-reactive ketones (excluding diaryl/α,β-unsaturated/α-hetero) is 1. The van der Waals surface area contributed by atoms with Gasteiger partial charge in [0, 0.05) is 13.0 Å². The molecular weight excluding hydrogens is 160 g/mol. The van der Waals surface area contributed by atoms with Crippen molar-refractivity contribution in [1.82, 2.24) is 0 Å². The minimum atomic E-state index is -0.353. The summed E-state index contributed by atoms with van der Waals surface area (Å²) < 4.78 is 9.53. The van der Waals surface area contributed by atoms with E-state index >= 15 is 0 Å². The fourth-order valence-corrected chi connectivity index (χ4v) is 0.841. The zero-order valence-corrected chi connectivity index (χ0v) is 6.79. The van der Waals surface area contributed by atoms with Crippen LogP contribution in [-0.4, -0.2) is 12.9 Å². The van der Waals surface area contributed by atoms with Crippen LogP contribution < -0.4 is 10.2 Å². The Labute approximate surface area is 68.8 Å². The number of hydrogen-bond acceptors (Lipinski definition) is 4. The third-order valence-electron chi connectivity index (χ3n) is 1.36. The first-order chi connectivity index (χ1) is 5.66. The fourth-order valence-electron chi connectivity index (χ4n) is 0.841. The SMILES string of the molecule is COc1c(C(C)=O)occc1=O. The Morgan fingerprint density at radius 1 is 1.58 bits per heavy atom. The summed E-state index contributed by atoms with van der Waals surface area (Å²) in [6, 6.07) is 1.20. The second-order valence-corrected chi connectivity index (χ2v) is 2.20. The highest BCUT2D eigenvalue weighted by Crippen LogP contribution is 2.11. The summed E-state index contributed by atoms with van der Waals surface area (Å²) in [4.78, 5) is 21.9. The van der Waals surface area contributed by atoms with E-state index in [1.54, 1.807) is 0 Å². The van der Waals surface area contributed by atoms with E-state index in [0.29, 0.717) is 0 Å². The van der Waals surface area contributed by atoms with E-state index < -0.39 is 0 Å². The predicted octanol–water partition coefficient (Wildman–Crippen LogP) is 0.851. The van der Waals surface area contributed by atoms with Crippen molar-refractivity contribution < 1.29 is 13.9 Å². The highest BCUT2D eigenvalue weighted by molar-refractivity contribution is 5.93. The van der Waals surface area contributed by atoms with Crippen LogP contribution in [0.25, 0.3) is 0 Å². The minimum absolute atomic E-state index is 0.0370. The van der Waals surface area contributed by atoms with E-state index in [1.165, 1.54) is 26.4 Å². The number of methoxy groups -OCH3 is 1. The molecule has 12 heavy (non-hydrogen) atoms. The molecule has 0 aromatic carbocycles. The first-order valence-corrected chi connectivity index (χ1v) is 3.33. The second-order valence-electron chi connectivity index (χ2n) is 2.20. The van der Waals surface area contributed by atoms with Gasteiger partial charge in [-0.15, -0.1) is 0 Å². The number of hydrogen-bond donors (Lipinski definition) is 0. The third-order valence-corrected chi connectivity index (χ3v) is 1.36. The average Bonchev–Trinajstić information content (AvgIpc) is 2.03. The van der Waals surface area contributed by atoms with E-state index in [9.17, 15) is 9.59 Å². The van der Waals surface area contributed by atoms with E-state index in [0.717, 1.165) is 0 Å². The van der Waals surface area contributed by atoms with E-state index in [4.69, 9.17) is 9.15 Å². The van der Waals surface area contributed by atoms with Gasteiger partial charge >= 0.3 is 0 Å². The number of carbonyl (C=O) groups is 1. The van der Waals surface area contributed by atoms with Crippen LogP contribution in [0.2, 0.25) is 0 Å². The molecule has 1 aromatic rings. The lowest BCUT2D eigenvalue weighted by molar-refractivity contribution is 0.0979. The van der Waals surface area contributed by atoms with Crippen LogP contribution in [0, 0.1) is 0 Å². The molecule has 0 amide bonds. The molecule has 4 heteroatoms. The lowest BCUT2D eigenvalue weighted by Gasteiger charge is -2.00. The standard InChI is InChI=1S/C8H8O4/c1-5(9)7-8(11-2)6(10)3-4-12-7/h3-4H,1-2H3. The molecule has 0 saturated carbocycles. The summed E-state index contributed by atoms with van der Waals surface area (Å²) >= 11 is 0. The Kier molecular flexibility index (Phi) is 2.28. The van der Waals surface area contributed by atoms with Crippen molar-refractivity contribution in [1.29, 1.82) is 0 Å². The summed E-state index contributed by atoms with van der Waals surface area (Å²) in [6.45, 7) is 1.31. The molecule has 0 unspecified atom stereocenters. The smallest absolute Gasteiger partial charge is 0.227 e. The second kappa shape index (κ2) is 3.21. The molecule has 1 heterocycles. The molecule has 0 N–H and O–H groups in total. The summed E-state index contributed by atoms with van der Waals surface area (Å²) in [5.74, 6) is -0.403. The largest absolute Gasteiger partial charge is 0.489 e. The topological polar surface area (TPSA) is 56.5 Å². The first-order valence-electron chi connectivity index (χ1n) is 3.33. The normalized spacial score (nSPS) is 9.50. The number of ketones is 1. The fraction of sp³-hybridized carbons (Fsp3) is 0.250. The van der Waals surface area contributed by atoms with Crippen LogP contribution in [0.1, 0.15) is 17.5 Å². The van der Waals surface area contributed by atoms with Gasteiger partial charge in [-0.2, -0.15) is 0 Å². The van der Waals surface area contributed by atoms with Gasteiger partial charge in [0.25, 0.3) is 0 Å². The van der Waals surface area contributed by atoms with E-state index in [1.807, 2.05) is 0 Å². The van der Waals surface area contributed by atoms with Crippen molar-refractivity contribution in [3.05, 3.63) is 28.3 Å². The number of ether oxygens (including phenoxy) is 1. The lowest BCUT2D eigenvalue weighted by Crippen LogP contribution is -2.08. The third kappa shape index (κ3) is 1.37. The highest BCUT2D eigenvalue weighted by atomic mass is 16.5. The van der Waals surface area contributed by atoms with Gasteiger partial charge in [-0.05, 0) is 0 Å². The van der Waals surface area contributed by atoms with Crippen LogP contribution in [0.15, 0.2) is 21.5 Å². The van der Waals surface area contributed by atoms with Crippen LogP contribution in [0.5, 0.6) is 5.75 Å². The highest BCUT2D eigenvalue weighted by Gasteiger charge is 2.12. The zero-order chi connectivity index (χ0) is 9.14. The van der Waals surface area contributed by atoms with Gasteiger partial charge in [0.1, 0.15) is 0 Å². The molecule has 0 atom stereocenters. The molecule has 64 valence electrons. The maximum atomic E-state index is 11.0. The van der Waals surface area contributed by atoms with Crippen LogP contribution >= 0.6 is 0 Å². The maximum Gasteiger partial charge on any atom is 0.227 e. The molecule has 0 fully saturated rings. The molecule has 0 saturated heterocycles. The van der Waals surface area contributed by atoms with Crippen molar-refractivity contribution in [2.45, 2.75) is 6.92 Å². The van der Waals surface area contributed by atoms with Gasteiger partial charge in [0.2, 0.25) is 16.9 Å². The van der Waals surface area contributed by atoms with Crippen LogP contribution in [0.3, 0.4) is 0 Å². The molecule has 0 radical (unpaired) electrons. The molecule has 4 nitrogen and oxygen atoms in total. The Morgan fingerprint density at radius 2 is 2.25 bits per heavy atom. The summed E-state index contributed by atoms with van der Waals surface area (Å²) in [5.41, 5.74) is -0.353. The Bertz CT molecular complexity index is 350. The lowest BCUT2D eigenvalue weighted by atomic mass is 10.3. The Hall–Kier alpha value is -1.58. The molecular formula is C8H8O4. The molecule has 0 aliphatic rings. The van der Waals surface area contributed by atoms with Crippen molar-refractivity contribution in [2.24, 2.45) is 0 Å². The summed E-state index contributed by atoms with van der Waals surface area (Å²) in [6.07, 6.45) is 1.17. The van der Waals surface area contributed by atoms with Crippen LogP contribution in [0.4, 0.5) is 0 Å². The Balaban J connectivity index is 3.38. The molecule has 1 aromatic heterocycles. The monoisotopic (exact) mass is 168 g/mol. The van der Waals surface area contributed by atoms with Gasteiger partial charge in [-0.25, -0.2) is 0 Å². The van der Waals surface area contributed by atoms with Crippen molar-refractivity contribution >= 4 is 5.78 Å². The molecule has 0 bridgehead atoms. The van der Waals surface area contributed by atoms with Gasteiger partial charge in [0.05, 0.1) is 13.4 Å². The van der Waals surface area contributed by atoms with Crippen molar-refractivity contribution in [2.75, 3.05) is 7.11 Å². The number of rotatable bonds is 2. The zero-order valence-electron chi connectivity index (χ0n) is 6.79. The summed E-state index contributed by atoms with van der Waals surface area (Å²) in [7, 11) is 1.32. The minimum Gasteiger partial charge on any atom is -0.489 e. The summed E-state index contributed by atoms with van der Waals surface area (Å²) in [5, 5.41) is 0. The van der Waals surface area contributed by atoms with Crippen molar-refractivity contribution in [3.8, 4) is 5.75 Å². The molecule has 0 aliphatic carbocycles. The van der Waals surface area contributed by atoms with Crippen molar-refractivity contribution in [3.63, 3.8) is 0 Å². The van der Waals surface area contributed by atoms with Gasteiger partial charge in [-0.1, -0.05) is 0 Å². The Morgan fingerprint density at radius 3 is 2.67 bits per heavy atom. The van der Waals surface area contributed by atoms with E-state index in [2.05, 4.69) is 0 Å². The quantitative estimate of drug-likeness (QED) is 0.614. The van der Waals surface area contributed by atoms with Gasteiger partial charge in [-0.3, -0.25) is 9.59 Å².